The number of carbonyl (C=O) groups excluding carboxylic acids is 1. The Balaban J connectivity index is 1.81. The van der Waals surface area contributed by atoms with Gasteiger partial charge in [0.25, 0.3) is 0 Å². The van der Waals surface area contributed by atoms with Crippen molar-refractivity contribution < 1.29 is 14.3 Å². The summed E-state index contributed by atoms with van der Waals surface area (Å²) in [6, 6.07) is 13.9. The molecular weight excluding hydrogens is 517 g/mol. The number of hydrogen-bond donors (Lipinski definition) is 0. The van der Waals surface area contributed by atoms with E-state index in [1.165, 1.54) is 0 Å². The molecule has 0 N–H and O–H groups in total. The number of likely N-dealkylation sites (tertiary alicyclic amines) is 1. The first kappa shape index (κ1) is 21.5. The van der Waals surface area contributed by atoms with Crippen molar-refractivity contribution in [3.8, 4) is 28.4 Å². The molecule has 2 aliphatic rings. The Morgan fingerprint density at radius 3 is 2.38 bits per heavy atom. The molecule has 1 saturated heterocycles. The molecule has 1 aliphatic carbocycles. The fourth-order valence-electron chi connectivity index (χ4n) is 5.14. The van der Waals surface area contributed by atoms with Crippen LogP contribution < -0.4 is 9.47 Å². The van der Waals surface area contributed by atoms with E-state index in [0.29, 0.717) is 35.1 Å². The van der Waals surface area contributed by atoms with Gasteiger partial charge in [-0.25, -0.2) is 4.68 Å². The number of carbonyl (C=O) groups is 1. The van der Waals surface area contributed by atoms with Gasteiger partial charge in [0.1, 0.15) is 17.2 Å². The van der Waals surface area contributed by atoms with E-state index in [9.17, 15) is 4.79 Å². The Kier molecular flexibility index (Phi) is 5.71. The van der Waals surface area contributed by atoms with Gasteiger partial charge in [0, 0.05) is 22.5 Å². The van der Waals surface area contributed by atoms with Crippen LogP contribution in [0.4, 0.5) is 0 Å². The molecule has 2 heterocycles. The first-order chi connectivity index (χ1) is 15.5. The zero-order valence-corrected chi connectivity index (χ0v) is 20.6. The number of benzene rings is 2. The zero-order chi connectivity index (χ0) is 22.4. The maximum absolute atomic E-state index is 13.6. The minimum atomic E-state index is 0.158. The number of halogens is 1. The fraction of sp³-hybridized carbons (Fsp3) is 0.360. The summed E-state index contributed by atoms with van der Waals surface area (Å²) in [6.45, 7) is 1.94. The summed E-state index contributed by atoms with van der Waals surface area (Å²) in [5.41, 5.74) is 4.06. The molecule has 5 rings (SSSR count). The van der Waals surface area contributed by atoms with Crippen LogP contribution >= 0.6 is 22.6 Å². The quantitative estimate of drug-likeness (QED) is 0.444. The largest absolute Gasteiger partial charge is 0.496 e. The number of piperidine rings is 1. The van der Waals surface area contributed by atoms with E-state index in [1.54, 1.807) is 14.2 Å². The van der Waals surface area contributed by atoms with E-state index < -0.39 is 0 Å². The van der Waals surface area contributed by atoms with Gasteiger partial charge in [0.15, 0.2) is 5.78 Å². The van der Waals surface area contributed by atoms with E-state index in [0.717, 1.165) is 40.0 Å². The van der Waals surface area contributed by atoms with Gasteiger partial charge < -0.3 is 14.4 Å². The van der Waals surface area contributed by atoms with E-state index in [-0.39, 0.29) is 11.7 Å². The Labute approximate surface area is 201 Å². The van der Waals surface area contributed by atoms with Crippen LogP contribution in [0, 0.1) is 9.49 Å². The average Bonchev–Trinajstić information content (AvgIpc) is 3.20. The number of ether oxygens (including phenoxy) is 2. The van der Waals surface area contributed by atoms with Crippen molar-refractivity contribution >= 4 is 28.4 Å². The molecule has 1 fully saturated rings. The summed E-state index contributed by atoms with van der Waals surface area (Å²) >= 11 is 2.30. The molecule has 0 amide bonds. The van der Waals surface area contributed by atoms with Crippen LogP contribution in [0.5, 0.6) is 11.5 Å². The van der Waals surface area contributed by atoms with Gasteiger partial charge in [-0.3, -0.25) is 4.79 Å². The van der Waals surface area contributed by atoms with Gasteiger partial charge in [-0.1, -0.05) is 6.07 Å². The number of aromatic nitrogens is 2. The van der Waals surface area contributed by atoms with Crippen molar-refractivity contribution in [3.05, 3.63) is 57.3 Å². The van der Waals surface area contributed by atoms with Gasteiger partial charge >= 0.3 is 0 Å². The van der Waals surface area contributed by atoms with Crippen molar-refractivity contribution in [1.29, 1.82) is 0 Å². The minimum Gasteiger partial charge on any atom is -0.496 e. The number of nitrogens with zero attached hydrogens (tertiary/aromatic N) is 3. The number of rotatable bonds is 4. The maximum atomic E-state index is 13.6. The van der Waals surface area contributed by atoms with Crippen LogP contribution in [0.15, 0.2) is 42.5 Å². The normalized spacial score (nSPS) is 20.6. The van der Waals surface area contributed by atoms with Gasteiger partial charge in [-0.15, -0.1) is 0 Å². The maximum Gasteiger partial charge on any atom is 0.167 e. The highest BCUT2D eigenvalue weighted by Crippen LogP contribution is 2.48. The lowest BCUT2D eigenvalue weighted by Crippen LogP contribution is -2.41. The second-order valence-corrected chi connectivity index (χ2v) is 9.83. The molecule has 1 aliphatic heterocycles. The Hall–Kier alpha value is -2.39. The molecule has 2 atom stereocenters. The summed E-state index contributed by atoms with van der Waals surface area (Å²) < 4.78 is 14.5. The number of hydrogen-bond acceptors (Lipinski definition) is 5. The van der Waals surface area contributed by atoms with Crippen molar-refractivity contribution in [2.45, 2.75) is 18.8 Å². The van der Waals surface area contributed by atoms with Crippen molar-refractivity contribution in [2.24, 2.45) is 5.92 Å². The molecule has 32 heavy (non-hydrogen) atoms. The summed E-state index contributed by atoms with van der Waals surface area (Å²) in [6.07, 6.45) is 1.59. The number of Topliss-reactive ketones (excluding diaryl/α,β-unsaturated/α-hetero) is 1. The SMILES string of the molecule is COc1cccc(OC)c1-c1nn(-c2ccc(I)cc2)c2c1C(=O)CC1CCN(C)CC21. The highest BCUT2D eigenvalue weighted by Gasteiger charge is 2.43. The van der Waals surface area contributed by atoms with Gasteiger partial charge in [0.2, 0.25) is 0 Å². The second kappa shape index (κ2) is 8.51. The van der Waals surface area contributed by atoms with E-state index in [2.05, 4.69) is 58.8 Å². The summed E-state index contributed by atoms with van der Waals surface area (Å²) in [7, 11) is 5.42. The molecule has 0 bridgehead atoms. The third kappa shape index (κ3) is 3.51. The molecule has 2 unspecified atom stereocenters. The summed E-state index contributed by atoms with van der Waals surface area (Å²) in [4.78, 5) is 15.9. The summed E-state index contributed by atoms with van der Waals surface area (Å²) in [5.74, 6) is 2.05. The number of likely N-dealkylation sites (N-methyl/N-ethyl adjacent to an activating group) is 1. The second-order valence-electron chi connectivity index (χ2n) is 8.58. The van der Waals surface area contributed by atoms with Gasteiger partial charge in [-0.05, 0) is 84.9 Å². The smallest absolute Gasteiger partial charge is 0.167 e. The predicted octanol–water partition coefficient (Wildman–Crippen LogP) is 4.78. The Morgan fingerprint density at radius 2 is 1.72 bits per heavy atom. The molecule has 2 aromatic carbocycles. The third-order valence-electron chi connectivity index (χ3n) is 6.69. The van der Waals surface area contributed by atoms with Crippen LogP contribution in [-0.4, -0.2) is 54.8 Å². The number of methoxy groups -OCH3 is 2. The highest BCUT2D eigenvalue weighted by atomic mass is 127. The first-order valence-electron chi connectivity index (χ1n) is 10.8. The summed E-state index contributed by atoms with van der Waals surface area (Å²) in [5, 5.41) is 5.06. The van der Waals surface area contributed by atoms with Gasteiger partial charge in [-0.2, -0.15) is 5.10 Å². The molecule has 6 nitrogen and oxygen atoms in total. The molecule has 0 radical (unpaired) electrons. The third-order valence-corrected chi connectivity index (χ3v) is 7.41. The van der Waals surface area contributed by atoms with E-state index in [1.807, 2.05) is 22.9 Å². The van der Waals surface area contributed by atoms with Crippen molar-refractivity contribution in [3.63, 3.8) is 0 Å². The monoisotopic (exact) mass is 543 g/mol. The molecule has 3 aromatic rings. The fourth-order valence-corrected chi connectivity index (χ4v) is 5.50. The predicted molar refractivity (Wildman–Crippen MR) is 132 cm³/mol. The van der Waals surface area contributed by atoms with Crippen LogP contribution in [0.25, 0.3) is 16.9 Å². The lowest BCUT2D eigenvalue weighted by molar-refractivity contribution is 0.0884. The number of fused-ring (bicyclic) bond motifs is 3. The molecule has 7 heteroatoms. The molecule has 0 spiro atoms. The van der Waals surface area contributed by atoms with E-state index in [4.69, 9.17) is 14.6 Å². The Bertz CT molecular complexity index is 1150. The first-order valence-corrected chi connectivity index (χ1v) is 11.9. The number of ketones is 1. The Morgan fingerprint density at radius 1 is 1.03 bits per heavy atom. The van der Waals surface area contributed by atoms with Crippen molar-refractivity contribution in [2.75, 3.05) is 34.4 Å². The van der Waals surface area contributed by atoms with Gasteiger partial charge in [0.05, 0.1) is 36.7 Å². The topological polar surface area (TPSA) is 56.6 Å². The lowest BCUT2D eigenvalue weighted by atomic mass is 9.73. The molecular formula is C25H26IN3O3. The highest BCUT2D eigenvalue weighted by molar-refractivity contribution is 14.1. The zero-order valence-electron chi connectivity index (χ0n) is 18.5. The van der Waals surface area contributed by atoms with Crippen LogP contribution in [0.1, 0.15) is 34.8 Å². The standard InChI is InChI=1S/C25H26IN3O3/c1-28-12-11-15-13-19(30)22-24(23-20(31-2)5-4-6-21(23)32-3)27-29(25(22)18(15)14-28)17-9-7-16(26)8-10-17/h4-10,15,18H,11-14H2,1-3H3. The van der Waals surface area contributed by atoms with Crippen LogP contribution in [0.3, 0.4) is 0 Å². The molecule has 1 aromatic heterocycles. The molecule has 166 valence electrons. The van der Waals surface area contributed by atoms with E-state index >= 15 is 0 Å². The molecule has 0 saturated carbocycles. The minimum absolute atomic E-state index is 0.158. The average molecular weight is 543 g/mol. The lowest BCUT2D eigenvalue weighted by Gasteiger charge is -2.39. The van der Waals surface area contributed by atoms with Crippen molar-refractivity contribution in [1.82, 2.24) is 14.7 Å². The van der Waals surface area contributed by atoms with Crippen LogP contribution in [-0.2, 0) is 0 Å². The van der Waals surface area contributed by atoms with Crippen LogP contribution in [0.2, 0.25) is 0 Å².